The van der Waals surface area contributed by atoms with E-state index < -0.39 is 0 Å². The lowest BCUT2D eigenvalue weighted by atomic mass is 10.1. The number of carbonyl (C=O) groups is 1. The molecule has 0 unspecified atom stereocenters. The molecule has 0 saturated heterocycles. The number of nitrogens with zero attached hydrogens (tertiary/aromatic N) is 2. The summed E-state index contributed by atoms with van der Waals surface area (Å²) in [6, 6.07) is 7.88. The van der Waals surface area contributed by atoms with Crippen molar-refractivity contribution in [2.45, 2.75) is 19.8 Å². The van der Waals surface area contributed by atoms with Gasteiger partial charge in [-0.05, 0) is 31.9 Å². The second-order valence-corrected chi connectivity index (χ2v) is 6.72. The summed E-state index contributed by atoms with van der Waals surface area (Å²) < 4.78 is 2.05. The Labute approximate surface area is 126 Å². The molecule has 2 aromatic heterocycles. The summed E-state index contributed by atoms with van der Waals surface area (Å²) in [7, 11) is 0. The molecule has 0 bridgehead atoms. The average molecular weight is 297 g/mol. The Hall–Kier alpha value is -2.14. The van der Waals surface area contributed by atoms with Crippen LogP contribution in [0.25, 0.3) is 16.2 Å². The van der Waals surface area contributed by atoms with Crippen molar-refractivity contribution in [2.75, 3.05) is 5.32 Å². The van der Waals surface area contributed by atoms with Crippen LogP contribution in [-0.4, -0.2) is 15.3 Å². The van der Waals surface area contributed by atoms with Gasteiger partial charge in [-0.15, -0.1) is 11.3 Å². The van der Waals surface area contributed by atoms with Gasteiger partial charge in [0.25, 0.3) is 0 Å². The minimum Gasteiger partial charge on any atom is -0.326 e. The molecule has 2 heterocycles. The molecule has 0 atom stereocenters. The van der Waals surface area contributed by atoms with Crippen LogP contribution in [0.5, 0.6) is 0 Å². The molecule has 4 rings (SSSR count). The Morgan fingerprint density at radius 2 is 2.24 bits per heavy atom. The number of hydrogen-bond donors (Lipinski definition) is 1. The minimum absolute atomic E-state index is 0.133. The molecular weight excluding hydrogens is 282 g/mol. The maximum atomic E-state index is 11.8. The SMILES string of the molecule is Cc1cn2cc(-c3cccc(NC(=O)C4CC4)c3)nc2s1. The van der Waals surface area contributed by atoms with E-state index in [1.165, 1.54) is 4.88 Å². The summed E-state index contributed by atoms with van der Waals surface area (Å²) in [4.78, 5) is 18.7. The zero-order valence-electron chi connectivity index (χ0n) is 11.7. The normalized spacial score (nSPS) is 14.5. The van der Waals surface area contributed by atoms with Gasteiger partial charge in [0.1, 0.15) is 0 Å². The highest BCUT2D eigenvalue weighted by Crippen LogP contribution is 2.31. The van der Waals surface area contributed by atoms with Gasteiger partial charge in [0.15, 0.2) is 4.96 Å². The number of hydrogen-bond acceptors (Lipinski definition) is 3. The Bertz CT molecular complexity index is 798. The van der Waals surface area contributed by atoms with Gasteiger partial charge in [-0.1, -0.05) is 12.1 Å². The van der Waals surface area contributed by atoms with Gasteiger partial charge >= 0.3 is 0 Å². The molecule has 1 aromatic carbocycles. The number of anilines is 1. The fourth-order valence-corrected chi connectivity index (χ4v) is 3.21. The first-order chi connectivity index (χ1) is 10.2. The summed E-state index contributed by atoms with van der Waals surface area (Å²) in [5, 5.41) is 2.98. The maximum Gasteiger partial charge on any atom is 0.227 e. The second kappa shape index (κ2) is 4.70. The van der Waals surface area contributed by atoms with Crippen molar-refractivity contribution >= 4 is 27.9 Å². The zero-order valence-corrected chi connectivity index (χ0v) is 12.5. The molecule has 1 amide bonds. The van der Waals surface area contributed by atoms with Gasteiger partial charge in [-0.25, -0.2) is 4.98 Å². The number of benzene rings is 1. The Morgan fingerprint density at radius 3 is 3.00 bits per heavy atom. The molecule has 1 aliphatic carbocycles. The molecule has 0 radical (unpaired) electrons. The monoisotopic (exact) mass is 297 g/mol. The lowest BCUT2D eigenvalue weighted by Gasteiger charge is -2.05. The van der Waals surface area contributed by atoms with Crippen molar-refractivity contribution in [2.24, 2.45) is 5.92 Å². The fourth-order valence-electron chi connectivity index (χ4n) is 2.40. The Morgan fingerprint density at radius 1 is 1.38 bits per heavy atom. The molecule has 0 spiro atoms. The summed E-state index contributed by atoms with van der Waals surface area (Å²) in [5.41, 5.74) is 2.80. The van der Waals surface area contributed by atoms with E-state index in [1.807, 2.05) is 34.9 Å². The highest BCUT2D eigenvalue weighted by Gasteiger charge is 2.29. The van der Waals surface area contributed by atoms with E-state index in [0.717, 1.165) is 34.7 Å². The van der Waals surface area contributed by atoms with Crippen molar-refractivity contribution in [3.8, 4) is 11.3 Å². The topological polar surface area (TPSA) is 46.4 Å². The van der Waals surface area contributed by atoms with E-state index in [0.29, 0.717) is 0 Å². The number of rotatable bonds is 3. The molecule has 1 saturated carbocycles. The third kappa shape index (κ3) is 2.45. The van der Waals surface area contributed by atoms with Crippen LogP contribution in [0.1, 0.15) is 17.7 Å². The largest absolute Gasteiger partial charge is 0.326 e. The van der Waals surface area contributed by atoms with Crippen molar-refractivity contribution in [1.29, 1.82) is 0 Å². The van der Waals surface area contributed by atoms with Gasteiger partial charge in [0.05, 0.1) is 5.69 Å². The highest BCUT2D eigenvalue weighted by molar-refractivity contribution is 7.17. The third-order valence-corrected chi connectivity index (χ3v) is 4.56. The zero-order chi connectivity index (χ0) is 14.4. The van der Waals surface area contributed by atoms with Crippen LogP contribution in [0.15, 0.2) is 36.7 Å². The van der Waals surface area contributed by atoms with Gasteiger partial charge in [0, 0.05) is 34.4 Å². The van der Waals surface area contributed by atoms with E-state index >= 15 is 0 Å². The molecule has 3 aromatic rings. The molecule has 4 nitrogen and oxygen atoms in total. The van der Waals surface area contributed by atoms with Gasteiger partial charge in [-0.3, -0.25) is 9.20 Å². The van der Waals surface area contributed by atoms with Gasteiger partial charge < -0.3 is 5.32 Å². The van der Waals surface area contributed by atoms with Crippen molar-refractivity contribution in [3.05, 3.63) is 41.5 Å². The fraction of sp³-hybridized carbons (Fsp3) is 0.250. The average Bonchev–Trinajstić information content (AvgIpc) is 3.15. The number of fused-ring (bicyclic) bond motifs is 1. The predicted molar refractivity (Wildman–Crippen MR) is 84.6 cm³/mol. The Kier molecular flexibility index (Phi) is 2.82. The number of aryl methyl sites for hydroxylation is 1. The van der Waals surface area contributed by atoms with Crippen LogP contribution in [0.2, 0.25) is 0 Å². The van der Waals surface area contributed by atoms with E-state index in [1.54, 1.807) is 11.3 Å². The molecule has 1 aliphatic rings. The number of amides is 1. The molecule has 21 heavy (non-hydrogen) atoms. The first kappa shape index (κ1) is 12.6. The summed E-state index contributed by atoms with van der Waals surface area (Å²) >= 11 is 1.68. The Balaban J connectivity index is 1.64. The molecule has 1 fully saturated rings. The van der Waals surface area contributed by atoms with E-state index in [4.69, 9.17) is 0 Å². The number of carbonyl (C=O) groups excluding carboxylic acids is 1. The summed E-state index contributed by atoms with van der Waals surface area (Å²) in [5.74, 6) is 0.350. The number of aromatic nitrogens is 2. The predicted octanol–water partition coefficient (Wildman–Crippen LogP) is 3.72. The van der Waals surface area contributed by atoms with E-state index in [9.17, 15) is 4.79 Å². The number of nitrogens with one attached hydrogen (secondary N) is 1. The molecule has 0 aliphatic heterocycles. The smallest absolute Gasteiger partial charge is 0.227 e. The first-order valence-electron chi connectivity index (χ1n) is 7.05. The second-order valence-electron chi connectivity index (χ2n) is 5.50. The van der Waals surface area contributed by atoms with Crippen LogP contribution < -0.4 is 5.32 Å². The van der Waals surface area contributed by atoms with Crippen LogP contribution >= 0.6 is 11.3 Å². The van der Waals surface area contributed by atoms with E-state index in [-0.39, 0.29) is 11.8 Å². The lowest BCUT2D eigenvalue weighted by molar-refractivity contribution is -0.117. The first-order valence-corrected chi connectivity index (χ1v) is 7.87. The lowest BCUT2D eigenvalue weighted by Crippen LogP contribution is -2.13. The van der Waals surface area contributed by atoms with Gasteiger partial charge in [0.2, 0.25) is 5.91 Å². The van der Waals surface area contributed by atoms with Crippen molar-refractivity contribution in [1.82, 2.24) is 9.38 Å². The van der Waals surface area contributed by atoms with E-state index in [2.05, 4.69) is 23.4 Å². The maximum absolute atomic E-state index is 11.8. The summed E-state index contributed by atoms with van der Waals surface area (Å²) in [6.07, 6.45) is 6.14. The van der Waals surface area contributed by atoms with Gasteiger partial charge in [-0.2, -0.15) is 0 Å². The van der Waals surface area contributed by atoms with Crippen LogP contribution in [0.3, 0.4) is 0 Å². The third-order valence-electron chi connectivity index (χ3n) is 3.65. The molecule has 1 N–H and O–H groups in total. The number of thiazole rings is 1. The van der Waals surface area contributed by atoms with Crippen LogP contribution in [0, 0.1) is 12.8 Å². The number of imidazole rings is 1. The quantitative estimate of drug-likeness (QED) is 0.801. The van der Waals surface area contributed by atoms with Crippen molar-refractivity contribution in [3.63, 3.8) is 0 Å². The summed E-state index contributed by atoms with van der Waals surface area (Å²) in [6.45, 7) is 2.08. The van der Waals surface area contributed by atoms with Crippen LogP contribution in [0.4, 0.5) is 5.69 Å². The standard InChI is InChI=1S/C16H15N3OS/c1-10-8-19-9-14(18-16(19)21-10)12-3-2-4-13(7-12)17-15(20)11-5-6-11/h2-4,7-9,11H,5-6H2,1H3,(H,17,20). The molecule has 106 valence electrons. The van der Waals surface area contributed by atoms with Crippen LogP contribution in [-0.2, 0) is 4.79 Å². The minimum atomic E-state index is 0.133. The van der Waals surface area contributed by atoms with Crippen molar-refractivity contribution < 1.29 is 4.79 Å². The molecular formula is C16H15N3OS. The molecule has 5 heteroatoms. The highest BCUT2D eigenvalue weighted by atomic mass is 32.1.